The van der Waals surface area contributed by atoms with Gasteiger partial charge in [-0.3, -0.25) is 0 Å². The molecule has 0 unspecified atom stereocenters. The predicted molar refractivity (Wildman–Crippen MR) is 72.9 cm³/mol. The number of hydrogen-bond donors (Lipinski definition) is 0. The summed E-state index contributed by atoms with van der Waals surface area (Å²) in [5.41, 5.74) is 0.858. The number of benzene rings is 1. The SMILES string of the molecule is CC(C)(C)[S@@](=O)/N=C/c1ccc2c(c1)OCCO2. The molecular formula is C13H17NO3S. The maximum absolute atomic E-state index is 11.8. The molecule has 0 spiro atoms. The van der Waals surface area contributed by atoms with Crippen LogP contribution in [0.5, 0.6) is 11.5 Å². The van der Waals surface area contributed by atoms with E-state index in [0.29, 0.717) is 19.0 Å². The first-order chi connectivity index (χ1) is 8.47. The first-order valence-corrected chi connectivity index (χ1v) is 6.93. The summed E-state index contributed by atoms with van der Waals surface area (Å²) >= 11 is 0. The third kappa shape index (κ3) is 3.10. The summed E-state index contributed by atoms with van der Waals surface area (Å²) in [7, 11) is -1.24. The van der Waals surface area contributed by atoms with Gasteiger partial charge in [-0.2, -0.15) is 4.40 Å². The van der Waals surface area contributed by atoms with E-state index in [1.54, 1.807) is 6.21 Å². The van der Waals surface area contributed by atoms with Crippen LogP contribution >= 0.6 is 0 Å². The van der Waals surface area contributed by atoms with E-state index in [0.717, 1.165) is 11.3 Å². The summed E-state index contributed by atoms with van der Waals surface area (Å²) in [5.74, 6) is 1.46. The van der Waals surface area contributed by atoms with Gasteiger partial charge in [0.15, 0.2) is 11.5 Å². The molecule has 0 saturated carbocycles. The summed E-state index contributed by atoms with van der Waals surface area (Å²) in [6, 6.07) is 5.56. The Kier molecular flexibility index (Phi) is 3.71. The van der Waals surface area contributed by atoms with E-state index in [1.165, 1.54) is 0 Å². The number of fused-ring (bicyclic) bond motifs is 1. The van der Waals surface area contributed by atoms with Crippen LogP contribution in [0.1, 0.15) is 26.3 Å². The van der Waals surface area contributed by atoms with Gasteiger partial charge in [-0.05, 0) is 44.5 Å². The predicted octanol–water partition coefficient (Wildman–Crippen LogP) is 2.34. The van der Waals surface area contributed by atoms with Crippen LogP contribution < -0.4 is 9.47 Å². The first-order valence-electron chi connectivity index (χ1n) is 5.82. The minimum atomic E-state index is -1.24. The molecule has 5 heteroatoms. The van der Waals surface area contributed by atoms with E-state index in [4.69, 9.17) is 9.47 Å². The van der Waals surface area contributed by atoms with Gasteiger partial charge < -0.3 is 9.47 Å². The van der Waals surface area contributed by atoms with E-state index in [2.05, 4.69) is 4.40 Å². The minimum Gasteiger partial charge on any atom is -0.486 e. The smallest absolute Gasteiger partial charge is 0.162 e. The second-order valence-electron chi connectivity index (χ2n) is 5.00. The van der Waals surface area contributed by atoms with Crippen molar-refractivity contribution >= 4 is 17.2 Å². The zero-order chi connectivity index (χ0) is 13.2. The number of rotatable bonds is 2. The molecule has 1 aliphatic heterocycles. The molecule has 0 aliphatic carbocycles. The normalized spacial score (nSPS) is 16.8. The Morgan fingerprint density at radius 1 is 1.22 bits per heavy atom. The second kappa shape index (κ2) is 5.10. The van der Waals surface area contributed by atoms with Crippen LogP contribution in [0.4, 0.5) is 0 Å². The van der Waals surface area contributed by atoms with E-state index >= 15 is 0 Å². The summed E-state index contributed by atoms with van der Waals surface area (Å²) in [6.07, 6.45) is 1.61. The largest absolute Gasteiger partial charge is 0.486 e. The van der Waals surface area contributed by atoms with Gasteiger partial charge in [0.05, 0.1) is 4.75 Å². The molecule has 0 fully saturated rings. The molecule has 98 valence electrons. The Morgan fingerprint density at radius 3 is 2.56 bits per heavy atom. The van der Waals surface area contributed by atoms with Gasteiger partial charge in [0.25, 0.3) is 0 Å². The lowest BCUT2D eigenvalue weighted by Crippen LogP contribution is -2.19. The number of nitrogens with zero attached hydrogens (tertiary/aromatic N) is 1. The van der Waals surface area contributed by atoms with Crippen molar-refractivity contribution in [3.63, 3.8) is 0 Å². The Bertz CT molecular complexity index is 491. The lowest BCUT2D eigenvalue weighted by Gasteiger charge is -2.18. The monoisotopic (exact) mass is 267 g/mol. The maximum Gasteiger partial charge on any atom is 0.162 e. The average Bonchev–Trinajstić information content (AvgIpc) is 2.34. The Morgan fingerprint density at radius 2 is 1.89 bits per heavy atom. The minimum absolute atomic E-state index is 0.343. The third-order valence-corrected chi connectivity index (χ3v) is 3.73. The molecule has 0 N–H and O–H groups in total. The molecule has 2 rings (SSSR count). The number of ether oxygens (including phenoxy) is 2. The van der Waals surface area contributed by atoms with Crippen LogP contribution in [0.3, 0.4) is 0 Å². The van der Waals surface area contributed by atoms with Gasteiger partial charge in [0, 0.05) is 6.21 Å². The maximum atomic E-state index is 11.8. The lowest BCUT2D eigenvalue weighted by atomic mass is 10.2. The number of hydrogen-bond acceptors (Lipinski definition) is 3. The van der Waals surface area contributed by atoms with Crippen LogP contribution in [0.15, 0.2) is 22.6 Å². The van der Waals surface area contributed by atoms with E-state index in [9.17, 15) is 4.21 Å². The van der Waals surface area contributed by atoms with Crippen molar-refractivity contribution in [2.45, 2.75) is 25.5 Å². The molecule has 4 nitrogen and oxygen atoms in total. The molecular weight excluding hydrogens is 250 g/mol. The summed E-state index contributed by atoms with van der Waals surface area (Å²) in [4.78, 5) is 0. The van der Waals surface area contributed by atoms with Crippen LogP contribution in [-0.2, 0) is 11.0 Å². The fraction of sp³-hybridized carbons (Fsp3) is 0.462. The molecule has 18 heavy (non-hydrogen) atoms. The van der Waals surface area contributed by atoms with Gasteiger partial charge >= 0.3 is 0 Å². The quantitative estimate of drug-likeness (QED) is 0.773. The molecule has 0 saturated heterocycles. The standard InChI is InChI=1S/C13H17NO3S/c1-13(2,3)18(15)14-9-10-4-5-11-12(8-10)17-7-6-16-11/h4-5,8-9H,6-7H2,1-3H3/b14-9+/t18-/m1/s1. The Labute approximate surface area is 110 Å². The van der Waals surface area contributed by atoms with Crippen molar-refractivity contribution in [1.82, 2.24) is 0 Å². The fourth-order valence-electron chi connectivity index (χ4n) is 1.41. The van der Waals surface area contributed by atoms with Crippen molar-refractivity contribution in [2.75, 3.05) is 13.2 Å². The molecule has 0 amide bonds. The fourth-order valence-corrected chi connectivity index (χ4v) is 1.94. The van der Waals surface area contributed by atoms with Crippen LogP contribution in [0.25, 0.3) is 0 Å². The van der Waals surface area contributed by atoms with Crippen molar-refractivity contribution < 1.29 is 13.7 Å². The van der Waals surface area contributed by atoms with Crippen molar-refractivity contribution in [1.29, 1.82) is 0 Å². The van der Waals surface area contributed by atoms with Gasteiger partial charge in [-0.15, -0.1) is 0 Å². The average molecular weight is 267 g/mol. The lowest BCUT2D eigenvalue weighted by molar-refractivity contribution is 0.171. The molecule has 0 radical (unpaired) electrons. The highest BCUT2D eigenvalue weighted by atomic mass is 32.2. The topological polar surface area (TPSA) is 47.9 Å². The highest BCUT2D eigenvalue weighted by molar-refractivity contribution is 7.85. The molecule has 1 aromatic rings. The highest BCUT2D eigenvalue weighted by Crippen LogP contribution is 2.30. The summed E-state index contributed by atoms with van der Waals surface area (Å²) in [6.45, 7) is 6.81. The molecule has 1 atom stereocenters. The molecule has 1 aromatic carbocycles. The summed E-state index contributed by atoms with van der Waals surface area (Å²) < 4.78 is 26.4. The van der Waals surface area contributed by atoms with Crippen molar-refractivity contribution in [3.05, 3.63) is 23.8 Å². The molecule has 0 aromatic heterocycles. The van der Waals surface area contributed by atoms with Crippen molar-refractivity contribution in [3.8, 4) is 11.5 Å². The van der Waals surface area contributed by atoms with Crippen LogP contribution in [0.2, 0.25) is 0 Å². The second-order valence-corrected chi connectivity index (χ2v) is 6.93. The van der Waals surface area contributed by atoms with Crippen LogP contribution in [-0.4, -0.2) is 28.4 Å². The van der Waals surface area contributed by atoms with E-state index < -0.39 is 11.0 Å². The van der Waals surface area contributed by atoms with E-state index in [1.807, 2.05) is 39.0 Å². The molecule has 1 aliphatic rings. The Balaban J connectivity index is 2.15. The van der Waals surface area contributed by atoms with Gasteiger partial charge in [0.1, 0.15) is 24.2 Å². The van der Waals surface area contributed by atoms with Gasteiger partial charge in [-0.1, -0.05) is 0 Å². The van der Waals surface area contributed by atoms with Crippen LogP contribution in [0, 0.1) is 0 Å². The van der Waals surface area contributed by atoms with E-state index in [-0.39, 0.29) is 4.75 Å². The summed E-state index contributed by atoms with van der Waals surface area (Å²) in [5, 5.41) is 0. The third-order valence-electron chi connectivity index (χ3n) is 2.39. The molecule has 1 heterocycles. The highest BCUT2D eigenvalue weighted by Gasteiger charge is 2.18. The zero-order valence-corrected chi connectivity index (χ0v) is 11.6. The van der Waals surface area contributed by atoms with Gasteiger partial charge in [0.2, 0.25) is 0 Å². The van der Waals surface area contributed by atoms with Crippen molar-refractivity contribution in [2.24, 2.45) is 4.40 Å². The van der Waals surface area contributed by atoms with Gasteiger partial charge in [-0.25, -0.2) is 4.21 Å². The Hall–Kier alpha value is -1.36. The molecule has 0 bridgehead atoms. The zero-order valence-electron chi connectivity index (χ0n) is 10.8. The first kappa shape index (κ1) is 13.1.